The molecule has 0 saturated heterocycles. The van der Waals surface area contributed by atoms with E-state index in [1.54, 1.807) is 6.20 Å². The maximum absolute atomic E-state index is 11.3. The second kappa shape index (κ2) is 5.25. The zero-order valence-corrected chi connectivity index (χ0v) is 9.68. The predicted octanol–water partition coefficient (Wildman–Crippen LogP) is 3.10. The third kappa shape index (κ3) is 2.91. The van der Waals surface area contributed by atoms with Crippen LogP contribution in [0.3, 0.4) is 0 Å². The van der Waals surface area contributed by atoms with Gasteiger partial charge in [0.2, 0.25) is 5.91 Å². The number of anilines is 1. The Morgan fingerprint density at radius 3 is 2.82 bits per heavy atom. The number of nitrogens with one attached hydrogen (secondary N) is 1. The lowest BCUT2D eigenvalue weighted by Crippen LogP contribution is -2.09. The Morgan fingerprint density at radius 1 is 1.24 bits per heavy atom. The fraction of sp³-hybridized carbons (Fsp3) is 0.143. The van der Waals surface area contributed by atoms with Crippen molar-refractivity contribution in [2.24, 2.45) is 0 Å². The molecule has 0 aliphatic heterocycles. The van der Waals surface area contributed by atoms with Crippen LogP contribution < -0.4 is 5.32 Å². The Labute approximate surface area is 101 Å². The first kappa shape index (κ1) is 11.3. The Balaban J connectivity index is 2.26. The van der Waals surface area contributed by atoms with E-state index in [9.17, 15) is 4.79 Å². The maximum Gasteiger partial charge on any atom is 0.224 e. The zero-order valence-electron chi connectivity index (χ0n) is 9.68. The van der Waals surface area contributed by atoms with Gasteiger partial charge in [-0.3, -0.25) is 9.78 Å². The van der Waals surface area contributed by atoms with Crippen molar-refractivity contribution >= 4 is 11.6 Å². The second-order valence-electron chi connectivity index (χ2n) is 3.70. The first-order valence-corrected chi connectivity index (χ1v) is 5.61. The largest absolute Gasteiger partial charge is 0.326 e. The van der Waals surface area contributed by atoms with Crippen molar-refractivity contribution in [2.45, 2.75) is 13.3 Å². The number of carbonyl (C=O) groups is 1. The van der Waals surface area contributed by atoms with Crippen LogP contribution in [0, 0.1) is 0 Å². The van der Waals surface area contributed by atoms with Gasteiger partial charge in [-0.05, 0) is 24.3 Å². The summed E-state index contributed by atoms with van der Waals surface area (Å²) < 4.78 is 0. The highest BCUT2D eigenvalue weighted by Crippen LogP contribution is 2.20. The molecule has 0 saturated carbocycles. The van der Waals surface area contributed by atoms with E-state index in [1.165, 1.54) is 0 Å². The maximum atomic E-state index is 11.3. The van der Waals surface area contributed by atoms with Crippen LogP contribution in [0.25, 0.3) is 11.3 Å². The molecule has 0 bridgehead atoms. The van der Waals surface area contributed by atoms with E-state index in [0.29, 0.717) is 6.42 Å². The van der Waals surface area contributed by atoms with Crippen molar-refractivity contribution in [3.8, 4) is 11.3 Å². The molecule has 2 rings (SSSR count). The molecule has 2 aromatic rings. The SMILES string of the molecule is CCC(=O)Nc1cccc(-c2ccccn2)c1. The summed E-state index contributed by atoms with van der Waals surface area (Å²) in [5.74, 6) is 0.0168. The molecule has 1 N–H and O–H groups in total. The molecule has 3 heteroatoms. The molecule has 1 aromatic carbocycles. The molecule has 0 spiro atoms. The zero-order chi connectivity index (χ0) is 12.1. The van der Waals surface area contributed by atoms with Gasteiger partial charge in [0, 0.05) is 23.9 Å². The fourth-order valence-electron chi connectivity index (χ4n) is 1.54. The lowest BCUT2D eigenvalue weighted by atomic mass is 10.1. The van der Waals surface area contributed by atoms with E-state index in [2.05, 4.69) is 10.3 Å². The molecule has 0 atom stereocenters. The smallest absolute Gasteiger partial charge is 0.224 e. The quantitative estimate of drug-likeness (QED) is 0.873. The van der Waals surface area contributed by atoms with Crippen molar-refractivity contribution in [3.63, 3.8) is 0 Å². The van der Waals surface area contributed by atoms with Gasteiger partial charge in [-0.15, -0.1) is 0 Å². The summed E-state index contributed by atoms with van der Waals surface area (Å²) in [5, 5.41) is 2.84. The summed E-state index contributed by atoms with van der Waals surface area (Å²) in [5.41, 5.74) is 2.71. The van der Waals surface area contributed by atoms with Gasteiger partial charge in [-0.1, -0.05) is 25.1 Å². The molecule has 17 heavy (non-hydrogen) atoms. The van der Waals surface area contributed by atoms with Gasteiger partial charge in [-0.2, -0.15) is 0 Å². The summed E-state index contributed by atoms with van der Waals surface area (Å²) in [6.07, 6.45) is 2.24. The third-order valence-corrected chi connectivity index (χ3v) is 2.43. The Bertz CT molecular complexity index is 509. The van der Waals surface area contributed by atoms with Crippen molar-refractivity contribution in [3.05, 3.63) is 48.7 Å². The van der Waals surface area contributed by atoms with E-state index in [-0.39, 0.29) is 5.91 Å². The molecule has 1 amide bonds. The summed E-state index contributed by atoms with van der Waals surface area (Å²) in [4.78, 5) is 15.6. The highest BCUT2D eigenvalue weighted by molar-refractivity contribution is 5.91. The third-order valence-electron chi connectivity index (χ3n) is 2.43. The van der Waals surface area contributed by atoms with E-state index in [0.717, 1.165) is 16.9 Å². The molecule has 0 aliphatic rings. The van der Waals surface area contributed by atoms with Crippen LogP contribution in [0.4, 0.5) is 5.69 Å². The van der Waals surface area contributed by atoms with E-state index >= 15 is 0 Å². The molecule has 86 valence electrons. The van der Waals surface area contributed by atoms with Gasteiger partial charge in [-0.25, -0.2) is 0 Å². The summed E-state index contributed by atoms with van der Waals surface area (Å²) in [7, 11) is 0. The van der Waals surface area contributed by atoms with Gasteiger partial charge in [0.1, 0.15) is 0 Å². The van der Waals surface area contributed by atoms with Crippen LogP contribution in [0.5, 0.6) is 0 Å². The Hall–Kier alpha value is -2.16. The molecule has 0 fully saturated rings. The van der Waals surface area contributed by atoms with Crippen LogP contribution in [-0.4, -0.2) is 10.9 Å². The predicted molar refractivity (Wildman–Crippen MR) is 68.6 cm³/mol. The minimum atomic E-state index is 0.0168. The average Bonchev–Trinajstić information content (AvgIpc) is 2.40. The first-order chi connectivity index (χ1) is 8.29. The highest BCUT2D eigenvalue weighted by atomic mass is 16.1. The Morgan fingerprint density at radius 2 is 2.12 bits per heavy atom. The van der Waals surface area contributed by atoms with Crippen molar-refractivity contribution in [1.82, 2.24) is 4.98 Å². The van der Waals surface area contributed by atoms with Crippen molar-refractivity contribution < 1.29 is 4.79 Å². The van der Waals surface area contributed by atoms with Crippen molar-refractivity contribution in [2.75, 3.05) is 5.32 Å². The number of carbonyl (C=O) groups excluding carboxylic acids is 1. The number of hydrogen-bond acceptors (Lipinski definition) is 2. The number of nitrogens with zero attached hydrogens (tertiary/aromatic N) is 1. The van der Waals surface area contributed by atoms with Crippen molar-refractivity contribution in [1.29, 1.82) is 0 Å². The average molecular weight is 226 g/mol. The molecular formula is C14H14N2O. The fourth-order valence-corrected chi connectivity index (χ4v) is 1.54. The molecule has 1 heterocycles. The highest BCUT2D eigenvalue weighted by Gasteiger charge is 2.02. The monoisotopic (exact) mass is 226 g/mol. The molecular weight excluding hydrogens is 212 g/mol. The standard InChI is InChI=1S/C14H14N2O/c1-2-14(17)16-12-7-5-6-11(10-12)13-8-3-4-9-15-13/h3-10H,2H2,1H3,(H,16,17). The van der Waals surface area contributed by atoms with Crippen LogP contribution in [0.15, 0.2) is 48.7 Å². The number of hydrogen-bond donors (Lipinski definition) is 1. The Kier molecular flexibility index (Phi) is 3.50. The van der Waals surface area contributed by atoms with Gasteiger partial charge < -0.3 is 5.32 Å². The number of amides is 1. The van der Waals surface area contributed by atoms with E-state index < -0.39 is 0 Å². The molecule has 0 unspecified atom stereocenters. The van der Waals surface area contributed by atoms with Crippen LogP contribution in [0.2, 0.25) is 0 Å². The normalized spacial score (nSPS) is 9.94. The van der Waals surface area contributed by atoms with Gasteiger partial charge in [0.25, 0.3) is 0 Å². The minimum absolute atomic E-state index is 0.0168. The number of benzene rings is 1. The topological polar surface area (TPSA) is 42.0 Å². The van der Waals surface area contributed by atoms with Gasteiger partial charge in [0.05, 0.1) is 5.69 Å². The molecule has 1 aromatic heterocycles. The molecule has 0 aliphatic carbocycles. The van der Waals surface area contributed by atoms with E-state index in [4.69, 9.17) is 0 Å². The number of rotatable bonds is 3. The van der Waals surface area contributed by atoms with Gasteiger partial charge >= 0.3 is 0 Å². The van der Waals surface area contributed by atoms with Crippen LogP contribution in [0.1, 0.15) is 13.3 Å². The van der Waals surface area contributed by atoms with Crippen LogP contribution >= 0.6 is 0 Å². The lowest BCUT2D eigenvalue weighted by molar-refractivity contribution is -0.115. The molecule has 3 nitrogen and oxygen atoms in total. The van der Waals surface area contributed by atoms with Crippen LogP contribution in [-0.2, 0) is 4.79 Å². The molecule has 0 radical (unpaired) electrons. The first-order valence-electron chi connectivity index (χ1n) is 5.61. The summed E-state index contributed by atoms with van der Waals surface area (Å²) in [6, 6.07) is 13.5. The van der Waals surface area contributed by atoms with E-state index in [1.807, 2.05) is 49.4 Å². The second-order valence-corrected chi connectivity index (χ2v) is 3.70. The lowest BCUT2D eigenvalue weighted by Gasteiger charge is -2.06. The summed E-state index contributed by atoms with van der Waals surface area (Å²) >= 11 is 0. The minimum Gasteiger partial charge on any atom is -0.326 e. The summed E-state index contributed by atoms with van der Waals surface area (Å²) in [6.45, 7) is 1.83. The number of pyridine rings is 1. The number of aromatic nitrogens is 1. The van der Waals surface area contributed by atoms with Gasteiger partial charge in [0.15, 0.2) is 0 Å².